The summed E-state index contributed by atoms with van der Waals surface area (Å²) in [5.41, 5.74) is 0.371. The van der Waals surface area contributed by atoms with Gasteiger partial charge in [0, 0.05) is 13.6 Å². The van der Waals surface area contributed by atoms with Crippen LogP contribution in [0.1, 0.15) is 43.1 Å². The van der Waals surface area contributed by atoms with Gasteiger partial charge in [0.25, 0.3) is 5.91 Å². The van der Waals surface area contributed by atoms with E-state index in [1.165, 1.54) is 31.9 Å². The predicted octanol–water partition coefficient (Wildman–Crippen LogP) is 2.07. The van der Waals surface area contributed by atoms with Gasteiger partial charge < -0.3 is 10.6 Å². The Hall–Kier alpha value is -1.65. The average Bonchev–Trinajstić information content (AvgIpc) is 2.45. The minimum atomic E-state index is -0.136. The summed E-state index contributed by atoms with van der Waals surface area (Å²) in [6.45, 7) is 3.03. The number of carbonyl (C=O) groups is 1. The Morgan fingerprint density at radius 3 is 3.00 bits per heavy atom. The second-order valence-corrected chi connectivity index (χ2v) is 5.39. The molecule has 1 amide bonds. The van der Waals surface area contributed by atoms with Gasteiger partial charge in [0.2, 0.25) is 0 Å². The van der Waals surface area contributed by atoms with Gasteiger partial charge in [-0.1, -0.05) is 19.8 Å². The van der Waals surface area contributed by atoms with E-state index in [1.807, 2.05) is 0 Å². The first-order valence-electron chi connectivity index (χ1n) is 6.97. The zero-order chi connectivity index (χ0) is 13.7. The van der Waals surface area contributed by atoms with Crippen molar-refractivity contribution in [2.24, 2.45) is 11.8 Å². The van der Waals surface area contributed by atoms with E-state index in [9.17, 15) is 4.79 Å². The molecule has 2 atom stereocenters. The minimum Gasteiger partial charge on any atom is -0.372 e. The fourth-order valence-corrected chi connectivity index (χ4v) is 2.67. The largest absolute Gasteiger partial charge is 0.372 e. The van der Waals surface area contributed by atoms with Crippen LogP contribution in [0.3, 0.4) is 0 Å². The second kappa shape index (κ2) is 6.50. The fourth-order valence-electron chi connectivity index (χ4n) is 2.67. The first-order chi connectivity index (χ1) is 9.19. The molecule has 0 saturated heterocycles. The molecule has 1 aromatic rings. The van der Waals surface area contributed by atoms with Crippen LogP contribution in [0.4, 0.5) is 5.82 Å². The number of anilines is 1. The van der Waals surface area contributed by atoms with Gasteiger partial charge in [0.1, 0.15) is 11.5 Å². The maximum atomic E-state index is 12.0. The first-order valence-corrected chi connectivity index (χ1v) is 6.97. The topological polar surface area (TPSA) is 66.9 Å². The van der Waals surface area contributed by atoms with Crippen LogP contribution < -0.4 is 10.6 Å². The highest BCUT2D eigenvalue weighted by Gasteiger charge is 2.19. The molecule has 19 heavy (non-hydrogen) atoms. The first kappa shape index (κ1) is 13.8. The molecule has 1 saturated carbocycles. The molecule has 2 rings (SSSR count). The number of hydrogen-bond acceptors (Lipinski definition) is 4. The molecule has 1 fully saturated rings. The molecule has 0 radical (unpaired) electrons. The Kier molecular flexibility index (Phi) is 4.71. The van der Waals surface area contributed by atoms with E-state index < -0.39 is 0 Å². The van der Waals surface area contributed by atoms with Crippen molar-refractivity contribution >= 4 is 11.7 Å². The summed E-state index contributed by atoms with van der Waals surface area (Å²) in [5.74, 6) is 1.86. The van der Waals surface area contributed by atoms with E-state index in [0.29, 0.717) is 17.4 Å². The molecule has 1 aliphatic carbocycles. The van der Waals surface area contributed by atoms with Crippen LogP contribution in [0.15, 0.2) is 12.4 Å². The van der Waals surface area contributed by atoms with E-state index >= 15 is 0 Å². The molecule has 2 N–H and O–H groups in total. The van der Waals surface area contributed by atoms with E-state index in [2.05, 4.69) is 27.5 Å². The molecule has 1 heterocycles. The highest BCUT2D eigenvalue weighted by Crippen LogP contribution is 2.27. The van der Waals surface area contributed by atoms with Crippen molar-refractivity contribution in [3.05, 3.63) is 18.1 Å². The third-order valence-electron chi connectivity index (χ3n) is 3.72. The minimum absolute atomic E-state index is 0.136. The van der Waals surface area contributed by atoms with Gasteiger partial charge in [0.05, 0.1) is 12.4 Å². The molecule has 0 spiro atoms. The van der Waals surface area contributed by atoms with Crippen LogP contribution in [0, 0.1) is 11.8 Å². The lowest BCUT2D eigenvalue weighted by Gasteiger charge is -2.26. The standard InChI is InChI=1S/C14H22N4O/c1-10-4-3-5-11(6-10)7-17-14(19)12-8-16-9-13(15-2)18-12/h8-11H,3-7H2,1-2H3,(H,15,18)(H,17,19). The lowest BCUT2D eigenvalue weighted by molar-refractivity contribution is 0.0935. The highest BCUT2D eigenvalue weighted by atomic mass is 16.1. The molecule has 2 unspecified atom stereocenters. The van der Waals surface area contributed by atoms with Gasteiger partial charge in [-0.25, -0.2) is 4.98 Å². The lowest BCUT2D eigenvalue weighted by atomic mass is 9.82. The van der Waals surface area contributed by atoms with Crippen LogP contribution in [-0.4, -0.2) is 29.5 Å². The molecule has 5 heteroatoms. The Balaban J connectivity index is 1.86. The summed E-state index contributed by atoms with van der Waals surface area (Å²) in [6, 6.07) is 0. The predicted molar refractivity (Wildman–Crippen MR) is 75.0 cm³/mol. The van der Waals surface area contributed by atoms with Crippen molar-refractivity contribution in [3.63, 3.8) is 0 Å². The van der Waals surface area contributed by atoms with Gasteiger partial charge in [-0.15, -0.1) is 0 Å². The number of nitrogens with one attached hydrogen (secondary N) is 2. The monoisotopic (exact) mass is 262 g/mol. The molecule has 0 aromatic carbocycles. The summed E-state index contributed by atoms with van der Waals surface area (Å²) >= 11 is 0. The normalized spacial score (nSPS) is 22.8. The van der Waals surface area contributed by atoms with E-state index in [-0.39, 0.29) is 5.91 Å². The number of aromatic nitrogens is 2. The quantitative estimate of drug-likeness (QED) is 0.871. The molecule has 5 nitrogen and oxygen atoms in total. The zero-order valence-corrected chi connectivity index (χ0v) is 11.6. The maximum Gasteiger partial charge on any atom is 0.271 e. The van der Waals surface area contributed by atoms with E-state index in [4.69, 9.17) is 0 Å². The highest BCUT2D eigenvalue weighted by molar-refractivity contribution is 5.92. The van der Waals surface area contributed by atoms with Crippen molar-refractivity contribution in [3.8, 4) is 0 Å². The third-order valence-corrected chi connectivity index (χ3v) is 3.72. The maximum absolute atomic E-state index is 12.0. The lowest BCUT2D eigenvalue weighted by Crippen LogP contribution is -2.32. The molecule has 0 bridgehead atoms. The summed E-state index contributed by atoms with van der Waals surface area (Å²) in [5, 5.41) is 5.85. The van der Waals surface area contributed by atoms with Gasteiger partial charge in [0.15, 0.2) is 0 Å². The van der Waals surface area contributed by atoms with E-state index in [0.717, 1.165) is 12.5 Å². The average molecular weight is 262 g/mol. The molecule has 1 aromatic heterocycles. The van der Waals surface area contributed by atoms with Crippen LogP contribution in [0.25, 0.3) is 0 Å². The molecule has 0 aliphatic heterocycles. The van der Waals surface area contributed by atoms with Crippen LogP contribution in [0.5, 0.6) is 0 Å². The molecular weight excluding hydrogens is 240 g/mol. The van der Waals surface area contributed by atoms with Gasteiger partial charge in [-0.05, 0) is 24.7 Å². The second-order valence-electron chi connectivity index (χ2n) is 5.39. The van der Waals surface area contributed by atoms with Crippen molar-refractivity contribution in [2.45, 2.75) is 32.6 Å². The Bertz CT molecular complexity index is 435. The number of hydrogen-bond donors (Lipinski definition) is 2. The number of amides is 1. The number of carbonyl (C=O) groups excluding carboxylic acids is 1. The summed E-state index contributed by atoms with van der Waals surface area (Å²) < 4.78 is 0. The van der Waals surface area contributed by atoms with Crippen LogP contribution >= 0.6 is 0 Å². The zero-order valence-electron chi connectivity index (χ0n) is 11.6. The van der Waals surface area contributed by atoms with Crippen LogP contribution in [0.2, 0.25) is 0 Å². The van der Waals surface area contributed by atoms with Crippen molar-refractivity contribution in [1.29, 1.82) is 0 Å². The molecular formula is C14H22N4O. The number of nitrogens with zero attached hydrogens (tertiary/aromatic N) is 2. The van der Waals surface area contributed by atoms with Gasteiger partial charge in [-0.2, -0.15) is 0 Å². The smallest absolute Gasteiger partial charge is 0.271 e. The Morgan fingerprint density at radius 1 is 1.42 bits per heavy atom. The number of rotatable bonds is 4. The van der Waals surface area contributed by atoms with Crippen LogP contribution in [-0.2, 0) is 0 Å². The van der Waals surface area contributed by atoms with Crippen molar-refractivity contribution < 1.29 is 4.79 Å². The summed E-state index contributed by atoms with van der Waals surface area (Å²) in [4.78, 5) is 20.2. The van der Waals surface area contributed by atoms with E-state index in [1.54, 1.807) is 13.2 Å². The van der Waals surface area contributed by atoms with Crippen molar-refractivity contribution in [2.75, 3.05) is 18.9 Å². The third kappa shape index (κ3) is 3.91. The Morgan fingerprint density at radius 2 is 2.26 bits per heavy atom. The fraction of sp³-hybridized carbons (Fsp3) is 0.643. The van der Waals surface area contributed by atoms with Crippen molar-refractivity contribution in [1.82, 2.24) is 15.3 Å². The molecule has 1 aliphatic rings. The van der Waals surface area contributed by atoms with Gasteiger partial charge >= 0.3 is 0 Å². The SMILES string of the molecule is CNc1cncc(C(=O)NCC2CCCC(C)C2)n1. The van der Waals surface area contributed by atoms with Gasteiger partial charge in [-0.3, -0.25) is 9.78 Å². The summed E-state index contributed by atoms with van der Waals surface area (Å²) in [6.07, 6.45) is 8.12. The summed E-state index contributed by atoms with van der Waals surface area (Å²) in [7, 11) is 1.76. The Labute approximate surface area is 114 Å². The molecule has 104 valence electrons.